The van der Waals surface area contributed by atoms with Crippen molar-refractivity contribution in [1.82, 2.24) is 0 Å². The van der Waals surface area contributed by atoms with Gasteiger partial charge in [-0.15, -0.1) is 0 Å². The summed E-state index contributed by atoms with van der Waals surface area (Å²) in [5.74, 6) is 0.0155. The van der Waals surface area contributed by atoms with Gasteiger partial charge in [-0.05, 0) is 120 Å². The molecule has 6 rings (SSSR count). The molecule has 0 aliphatic heterocycles. The molecular weight excluding hydrogens is 594 g/mol. The number of hydrogen-bond acceptors (Lipinski definition) is 5. The predicted molar refractivity (Wildman–Crippen MR) is 197 cm³/mol. The van der Waals surface area contributed by atoms with Crippen LogP contribution in [-0.2, 0) is 16.0 Å². The van der Waals surface area contributed by atoms with Crippen LogP contribution in [0.2, 0.25) is 0 Å². The molecule has 48 heavy (non-hydrogen) atoms. The summed E-state index contributed by atoms with van der Waals surface area (Å²) in [5, 5.41) is 4.89. The molecule has 0 aliphatic carbocycles. The highest BCUT2D eigenvalue weighted by atomic mass is 16.5. The molecule has 6 aromatic rings. The van der Waals surface area contributed by atoms with Gasteiger partial charge in [0.05, 0.1) is 5.69 Å². The zero-order valence-corrected chi connectivity index (χ0v) is 27.7. The van der Waals surface area contributed by atoms with Gasteiger partial charge in [0.15, 0.2) is 0 Å². The monoisotopic (exact) mass is 631 g/mol. The number of nitrogens with zero attached hydrogens (tertiary/aromatic N) is 1. The molecule has 238 valence electrons. The van der Waals surface area contributed by atoms with E-state index in [0.29, 0.717) is 22.6 Å². The fourth-order valence-corrected chi connectivity index (χ4v) is 5.95. The Bertz CT molecular complexity index is 2190. The van der Waals surface area contributed by atoms with Gasteiger partial charge in [-0.25, -0.2) is 9.59 Å². The van der Waals surface area contributed by atoms with Crippen LogP contribution < -0.4 is 14.4 Å². The van der Waals surface area contributed by atoms with Crippen LogP contribution >= 0.6 is 0 Å². The Balaban J connectivity index is 1.46. The van der Waals surface area contributed by atoms with Crippen molar-refractivity contribution >= 4 is 50.5 Å². The Morgan fingerprint density at radius 1 is 0.625 bits per heavy atom. The SMILES string of the molecule is C=C(C)C(=O)Oc1ccc(-c2ccc(N(c3ccc(OC(=O)C(=C)C)cc3)c3ccc(CC)c4c3ccc3cccc(C)c34)cc2)cc1. The number of carbonyl (C=O) groups is 2. The molecule has 0 saturated heterocycles. The highest BCUT2D eigenvalue weighted by Gasteiger charge is 2.19. The Hall–Kier alpha value is -5.94. The van der Waals surface area contributed by atoms with Gasteiger partial charge in [-0.3, -0.25) is 0 Å². The standard InChI is InChI=1S/C43H37NO4/c1-7-30-16-26-39(38-25-15-33-10-8-9-29(6)40(33)41(30)38)44(35-19-23-37(24-20-35)48-43(46)28(4)5)34-17-11-31(12-18-34)32-13-21-36(22-14-32)47-42(45)27(2)3/h8-26H,2,4,7H2,1,3,5-6H3. The molecule has 0 amide bonds. The van der Waals surface area contributed by atoms with E-state index >= 15 is 0 Å². The van der Waals surface area contributed by atoms with Crippen LogP contribution in [0.3, 0.4) is 0 Å². The van der Waals surface area contributed by atoms with Gasteiger partial charge in [0.2, 0.25) is 0 Å². The van der Waals surface area contributed by atoms with E-state index < -0.39 is 11.9 Å². The molecule has 0 radical (unpaired) electrons. The van der Waals surface area contributed by atoms with Gasteiger partial charge >= 0.3 is 11.9 Å². The number of ether oxygens (including phenoxy) is 2. The lowest BCUT2D eigenvalue weighted by molar-refractivity contribution is -0.130. The molecular formula is C43H37NO4. The van der Waals surface area contributed by atoms with Crippen molar-refractivity contribution in [3.8, 4) is 22.6 Å². The van der Waals surface area contributed by atoms with Crippen molar-refractivity contribution in [2.45, 2.75) is 34.1 Å². The van der Waals surface area contributed by atoms with Crippen LogP contribution in [0.5, 0.6) is 11.5 Å². The molecule has 0 unspecified atom stereocenters. The van der Waals surface area contributed by atoms with Gasteiger partial charge in [0.1, 0.15) is 11.5 Å². The molecule has 0 heterocycles. The van der Waals surface area contributed by atoms with E-state index in [1.54, 1.807) is 26.0 Å². The second kappa shape index (κ2) is 13.4. The second-order valence-electron chi connectivity index (χ2n) is 12.0. The minimum absolute atomic E-state index is 0.341. The Kier molecular flexibility index (Phi) is 8.95. The molecule has 0 fully saturated rings. The number of fused-ring (bicyclic) bond motifs is 3. The van der Waals surface area contributed by atoms with Crippen LogP contribution in [0.4, 0.5) is 17.1 Å². The number of rotatable bonds is 9. The van der Waals surface area contributed by atoms with E-state index in [4.69, 9.17) is 9.47 Å². The minimum Gasteiger partial charge on any atom is -0.423 e. The first kappa shape index (κ1) is 32.0. The number of benzene rings is 6. The Morgan fingerprint density at radius 2 is 1.15 bits per heavy atom. The normalized spacial score (nSPS) is 10.9. The van der Waals surface area contributed by atoms with Crippen molar-refractivity contribution in [2.75, 3.05) is 4.90 Å². The van der Waals surface area contributed by atoms with E-state index in [-0.39, 0.29) is 0 Å². The smallest absolute Gasteiger partial charge is 0.338 e. The second-order valence-corrected chi connectivity index (χ2v) is 12.0. The van der Waals surface area contributed by atoms with Crippen LogP contribution in [0.1, 0.15) is 31.9 Å². The average Bonchev–Trinajstić information content (AvgIpc) is 3.09. The third kappa shape index (κ3) is 6.36. The Morgan fingerprint density at radius 3 is 1.69 bits per heavy atom. The zero-order chi connectivity index (χ0) is 33.9. The van der Waals surface area contributed by atoms with Crippen LogP contribution in [0.15, 0.2) is 140 Å². The third-order valence-electron chi connectivity index (χ3n) is 8.44. The maximum Gasteiger partial charge on any atom is 0.338 e. The molecule has 0 aromatic heterocycles. The predicted octanol–water partition coefficient (Wildman–Crippen LogP) is 11.0. The molecule has 0 bridgehead atoms. The van der Waals surface area contributed by atoms with Gasteiger partial charge < -0.3 is 14.4 Å². The summed E-state index contributed by atoms with van der Waals surface area (Å²) in [4.78, 5) is 26.4. The average molecular weight is 632 g/mol. The van der Waals surface area contributed by atoms with Gasteiger partial charge in [0.25, 0.3) is 0 Å². The molecule has 6 aromatic carbocycles. The summed E-state index contributed by atoms with van der Waals surface area (Å²) in [6, 6.07) is 38.7. The van der Waals surface area contributed by atoms with E-state index in [1.807, 2.05) is 36.4 Å². The highest BCUT2D eigenvalue weighted by Crippen LogP contribution is 2.43. The number of carbonyl (C=O) groups excluding carboxylic acids is 2. The maximum atomic E-state index is 12.2. The van der Waals surface area contributed by atoms with Gasteiger partial charge in [-0.1, -0.05) is 80.7 Å². The van der Waals surface area contributed by atoms with Crippen molar-refractivity contribution in [3.05, 3.63) is 151 Å². The molecule has 5 nitrogen and oxygen atoms in total. The van der Waals surface area contributed by atoms with Gasteiger partial charge in [0, 0.05) is 27.9 Å². The summed E-state index contributed by atoms with van der Waals surface area (Å²) in [5.41, 5.74) is 8.15. The number of aryl methyl sites for hydroxylation is 2. The van der Waals surface area contributed by atoms with E-state index in [2.05, 4.69) is 98.6 Å². The summed E-state index contributed by atoms with van der Waals surface area (Å²) < 4.78 is 10.9. The summed E-state index contributed by atoms with van der Waals surface area (Å²) >= 11 is 0. The molecule has 0 spiro atoms. The van der Waals surface area contributed by atoms with Crippen LogP contribution in [0, 0.1) is 6.92 Å². The van der Waals surface area contributed by atoms with Crippen LogP contribution in [-0.4, -0.2) is 11.9 Å². The van der Waals surface area contributed by atoms with Crippen molar-refractivity contribution in [2.24, 2.45) is 0 Å². The van der Waals surface area contributed by atoms with E-state index in [1.165, 1.54) is 27.3 Å². The largest absolute Gasteiger partial charge is 0.423 e. The van der Waals surface area contributed by atoms with Crippen molar-refractivity contribution in [1.29, 1.82) is 0 Å². The van der Waals surface area contributed by atoms with Gasteiger partial charge in [-0.2, -0.15) is 0 Å². The highest BCUT2D eigenvalue weighted by molar-refractivity contribution is 6.15. The molecule has 0 saturated carbocycles. The number of esters is 2. The quantitative estimate of drug-likeness (QED) is 0.0688. The molecule has 0 aliphatic rings. The summed E-state index contributed by atoms with van der Waals surface area (Å²) in [6.07, 6.45) is 0.910. The fourth-order valence-electron chi connectivity index (χ4n) is 5.95. The maximum absolute atomic E-state index is 12.2. The topological polar surface area (TPSA) is 55.8 Å². The Labute approximate surface area is 281 Å². The summed E-state index contributed by atoms with van der Waals surface area (Å²) in [6.45, 7) is 15.0. The number of anilines is 3. The molecule has 5 heteroatoms. The van der Waals surface area contributed by atoms with Crippen LogP contribution in [0.25, 0.3) is 32.7 Å². The van der Waals surface area contributed by atoms with E-state index in [0.717, 1.165) is 40.0 Å². The number of hydrogen-bond donors (Lipinski definition) is 0. The third-order valence-corrected chi connectivity index (χ3v) is 8.44. The van der Waals surface area contributed by atoms with E-state index in [9.17, 15) is 9.59 Å². The lowest BCUT2D eigenvalue weighted by Gasteiger charge is -2.28. The van der Waals surface area contributed by atoms with Crippen molar-refractivity contribution in [3.63, 3.8) is 0 Å². The van der Waals surface area contributed by atoms with Crippen molar-refractivity contribution < 1.29 is 19.1 Å². The molecule has 0 N–H and O–H groups in total. The summed E-state index contributed by atoms with van der Waals surface area (Å²) in [7, 11) is 0. The lowest BCUT2D eigenvalue weighted by atomic mass is 9.92. The minimum atomic E-state index is -0.458. The molecule has 0 atom stereocenters. The first-order chi connectivity index (χ1) is 23.1. The zero-order valence-electron chi connectivity index (χ0n) is 27.7. The first-order valence-corrected chi connectivity index (χ1v) is 15.9. The lowest BCUT2D eigenvalue weighted by Crippen LogP contribution is -2.12. The fraction of sp³-hybridized carbons (Fsp3) is 0.116. The first-order valence-electron chi connectivity index (χ1n) is 15.9.